The highest BCUT2D eigenvalue weighted by Crippen LogP contribution is 2.25. The van der Waals surface area contributed by atoms with Gasteiger partial charge in [0.25, 0.3) is 0 Å². The molecule has 3 rings (SSSR count). The zero-order valence-electron chi connectivity index (χ0n) is 11.3. The van der Waals surface area contributed by atoms with Crippen molar-refractivity contribution >= 4 is 5.82 Å². The molecule has 0 unspecified atom stereocenters. The van der Waals surface area contributed by atoms with Crippen LogP contribution in [0.5, 0.6) is 0 Å². The first-order valence-electron chi connectivity index (χ1n) is 6.24. The minimum absolute atomic E-state index is 0.480. The van der Waals surface area contributed by atoms with Gasteiger partial charge in [0.1, 0.15) is 17.3 Å². The molecule has 2 heterocycles. The first-order valence-corrected chi connectivity index (χ1v) is 6.24. The van der Waals surface area contributed by atoms with E-state index in [0.29, 0.717) is 11.6 Å². The van der Waals surface area contributed by atoms with E-state index < -0.39 is 0 Å². The van der Waals surface area contributed by atoms with E-state index in [-0.39, 0.29) is 0 Å². The quantitative estimate of drug-likeness (QED) is 0.766. The van der Waals surface area contributed by atoms with Gasteiger partial charge in [0.15, 0.2) is 0 Å². The van der Waals surface area contributed by atoms with E-state index in [1.54, 1.807) is 10.9 Å². The molecule has 0 radical (unpaired) electrons. The van der Waals surface area contributed by atoms with Crippen molar-refractivity contribution in [1.82, 2.24) is 25.0 Å². The lowest BCUT2D eigenvalue weighted by Crippen LogP contribution is -2.06. The highest BCUT2D eigenvalue weighted by Gasteiger charge is 2.15. The Bertz CT molecular complexity index is 748. The van der Waals surface area contributed by atoms with Crippen molar-refractivity contribution in [2.45, 2.75) is 13.8 Å². The Kier molecular flexibility index (Phi) is 2.90. The van der Waals surface area contributed by atoms with Gasteiger partial charge in [0, 0.05) is 5.56 Å². The number of aromatic nitrogens is 5. The third kappa shape index (κ3) is 2.01. The molecule has 0 spiro atoms. The Morgan fingerprint density at radius 3 is 2.55 bits per heavy atom. The largest absolute Gasteiger partial charge is 0.383 e. The van der Waals surface area contributed by atoms with E-state index in [1.165, 1.54) is 0 Å². The second kappa shape index (κ2) is 4.73. The smallest absolute Gasteiger partial charge is 0.130 e. The van der Waals surface area contributed by atoms with Crippen molar-refractivity contribution in [3.05, 3.63) is 47.9 Å². The van der Waals surface area contributed by atoms with Crippen LogP contribution in [0.25, 0.3) is 17.1 Å². The zero-order valence-corrected chi connectivity index (χ0v) is 11.3. The summed E-state index contributed by atoms with van der Waals surface area (Å²) >= 11 is 0. The van der Waals surface area contributed by atoms with Crippen molar-refractivity contribution in [2.75, 3.05) is 5.73 Å². The molecule has 0 fully saturated rings. The Morgan fingerprint density at radius 1 is 1.05 bits per heavy atom. The highest BCUT2D eigenvalue weighted by molar-refractivity contribution is 5.65. The lowest BCUT2D eigenvalue weighted by Gasteiger charge is -2.10. The number of benzene rings is 1. The molecule has 0 amide bonds. The molecule has 2 aromatic heterocycles. The Labute approximate surface area is 116 Å². The second-order valence-corrected chi connectivity index (χ2v) is 4.50. The fourth-order valence-electron chi connectivity index (χ4n) is 2.06. The summed E-state index contributed by atoms with van der Waals surface area (Å²) in [5, 5.41) is 8.12. The van der Waals surface area contributed by atoms with Crippen LogP contribution in [0.3, 0.4) is 0 Å². The number of rotatable bonds is 2. The van der Waals surface area contributed by atoms with Gasteiger partial charge in [-0.3, -0.25) is 0 Å². The number of anilines is 1. The minimum Gasteiger partial charge on any atom is -0.383 e. The molecule has 0 saturated heterocycles. The summed E-state index contributed by atoms with van der Waals surface area (Å²) in [5.74, 6) is 1.11. The van der Waals surface area contributed by atoms with Crippen LogP contribution in [0.4, 0.5) is 5.82 Å². The number of nitrogens with two attached hydrogens (primary N) is 1. The van der Waals surface area contributed by atoms with E-state index >= 15 is 0 Å². The van der Waals surface area contributed by atoms with Gasteiger partial charge in [-0.15, -0.1) is 5.10 Å². The fraction of sp³-hybridized carbons (Fsp3) is 0.143. The molecule has 2 N–H and O–H groups in total. The van der Waals surface area contributed by atoms with Crippen LogP contribution >= 0.6 is 0 Å². The summed E-state index contributed by atoms with van der Waals surface area (Å²) in [6.07, 6.45) is 1.68. The number of nitrogen functional groups attached to an aromatic ring is 1. The molecule has 1 aromatic carbocycles. The molecule has 6 nitrogen and oxygen atoms in total. The van der Waals surface area contributed by atoms with Gasteiger partial charge in [-0.1, -0.05) is 23.4 Å². The van der Waals surface area contributed by atoms with Crippen molar-refractivity contribution < 1.29 is 0 Å². The van der Waals surface area contributed by atoms with Crippen LogP contribution in [-0.2, 0) is 0 Å². The standard InChI is InChI=1S/C14H14N6/c1-9-13(17-10(2)18-14(9)15)12-8-16-19-20(12)11-6-4-3-5-7-11/h3-8H,1-2H3,(H2,15,17,18). The molecule has 100 valence electrons. The summed E-state index contributed by atoms with van der Waals surface area (Å²) in [4.78, 5) is 8.63. The highest BCUT2D eigenvalue weighted by atomic mass is 15.4. The van der Waals surface area contributed by atoms with E-state index in [0.717, 1.165) is 22.6 Å². The fourth-order valence-corrected chi connectivity index (χ4v) is 2.06. The summed E-state index contributed by atoms with van der Waals surface area (Å²) in [5.41, 5.74) is 9.22. The summed E-state index contributed by atoms with van der Waals surface area (Å²) in [6.45, 7) is 3.71. The number of aryl methyl sites for hydroxylation is 1. The van der Waals surface area contributed by atoms with Crippen LogP contribution in [-0.4, -0.2) is 25.0 Å². The molecular formula is C14H14N6. The first kappa shape index (κ1) is 12.3. The maximum absolute atomic E-state index is 5.92. The predicted octanol–water partition coefficient (Wildman–Crippen LogP) is 1.92. The molecule has 0 saturated carbocycles. The van der Waals surface area contributed by atoms with Crippen molar-refractivity contribution in [1.29, 1.82) is 0 Å². The summed E-state index contributed by atoms with van der Waals surface area (Å²) in [7, 11) is 0. The third-order valence-corrected chi connectivity index (χ3v) is 3.09. The zero-order chi connectivity index (χ0) is 14.1. The number of nitrogens with zero attached hydrogens (tertiary/aromatic N) is 5. The third-order valence-electron chi connectivity index (χ3n) is 3.09. The van der Waals surface area contributed by atoms with Crippen LogP contribution in [0.15, 0.2) is 36.5 Å². The molecule has 0 atom stereocenters. The maximum atomic E-state index is 5.92. The van der Waals surface area contributed by atoms with Gasteiger partial charge in [-0.25, -0.2) is 14.6 Å². The number of para-hydroxylation sites is 1. The molecule has 0 aliphatic carbocycles. The van der Waals surface area contributed by atoms with Gasteiger partial charge >= 0.3 is 0 Å². The number of hydrogen-bond donors (Lipinski definition) is 1. The SMILES string of the molecule is Cc1nc(N)c(C)c(-c2cnnn2-c2ccccc2)n1. The molecule has 0 bridgehead atoms. The minimum atomic E-state index is 0.480. The normalized spacial score (nSPS) is 10.7. The summed E-state index contributed by atoms with van der Waals surface area (Å²) < 4.78 is 1.74. The molecule has 20 heavy (non-hydrogen) atoms. The van der Waals surface area contributed by atoms with Crippen LogP contribution in [0, 0.1) is 13.8 Å². The second-order valence-electron chi connectivity index (χ2n) is 4.50. The molecule has 0 aliphatic heterocycles. The Morgan fingerprint density at radius 2 is 1.80 bits per heavy atom. The lowest BCUT2D eigenvalue weighted by atomic mass is 10.2. The number of hydrogen-bond acceptors (Lipinski definition) is 5. The van der Waals surface area contributed by atoms with Crippen LogP contribution in [0.2, 0.25) is 0 Å². The van der Waals surface area contributed by atoms with Gasteiger partial charge in [0.05, 0.1) is 17.6 Å². The Balaban J connectivity index is 2.21. The van der Waals surface area contributed by atoms with E-state index in [1.807, 2.05) is 44.2 Å². The maximum Gasteiger partial charge on any atom is 0.130 e. The molecule has 0 aliphatic rings. The lowest BCUT2D eigenvalue weighted by molar-refractivity contribution is 0.805. The van der Waals surface area contributed by atoms with Gasteiger partial charge in [-0.2, -0.15) is 0 Å². The molecule has 6 heteroatoms. The molecular weight excluding hydrogens is 252 g/mol. The average molecular weight is 266 g/mol. The van der Waals surface area contributed by atoms with Crippen molar-refractivity contribution in [3.63, 3.8) is 0 Å². The van der Waals surface area contributed by atoms with Gasteiger partial charge in [-0.05, 0) is 26.0 Å². The monoisotopic (exact) mass is 266 g/mol. The van der Waals surface area contributed by atoms with Gasteiger partial charge in [0.2, 0.25) is 0 Å². The Hall–Kier alpha value is -2.76. The average Bonchev–Trinajstić information content (AvgIpc) is 2.93. The van der Waals surface area contributed by atoms with E-state index in [4.69, 9.17) is 5.73 Å². The van der Waals surface area contributed by atoms with E-state index in [9.17, 15) is 0 Å². The summed E-state index contributed by atoms with van der Waals surface area (Å²) in [6, 6.07) is 9.79. The van der Waals surface area contributed by atoms with Crippen molar-refractivity contribution in [3.8, 4) is 17.1 Å². The topological polar surface area (TPSA) is 82.5 Å². The van der Waals surface area contributed by atoms with Crippen LogP contribution in [0.1, 0.15) is 11.4 Å². The van der Waals surface area contributed by atoms with Crippen molar-refractivity contribution in [2.24, 2.45) is 0 Å². The van der Waals surface area contributed by atoms with Crippen LogP contribution < -0.4 is 5.73 Å². The predicted molar refractivity (Wildman–Crippen MR) is 76.3 cm³/mol. The first-order chi connectivity index (χ1) is 9.66. The molecule has 3 aromatic rings. The van der Waals surface area contributed by atoms with Gasteiger partial charge < -0.3 is 5.73 Å². The van der Waals surface area contributed by atoms with E-state index in [2.05, 4.69) is 20.3 Å².